The summed E-state index contributed by atoms with van der Waals surface area (Å²) in [5.41, 5.74) is 0. The number of amidine groups is 1. The van der Waals surface area contributed by atoms with E-state index in [1.165, 1.54) is 24.7 Å². The fraction of sp³-hybridized carbons (Fsp3) is 0.900. The third kappa shape index (κ3) is 2.42. The largest absolute Gasteiger partial charge is 0.365 e. The first-order chi connectivity index (χ1) is 6.78. The van der Waals surface area contributed by atoms with Gasteiger partial charge >= 0.3 is 0 Å². The number of nitrogens with zero attached hydrogens (tertiary/aromatic N) is 2. The zero-order chi connectivity index (χ0) is 9.97. The number of rotatable bonds is 3. The van der Waals surface area contributed by atoms with Crippen molar-refractivity contribution in [2.45, 2.75) is 18.6 Å². The van der Waals surface area contributed by atoms with Crippen LogP contribution in [0.2, 0.25) is 0 Å². The second kappa shape index (κ2) is 4.53. The van der Waals surface area contributed by atoms with E-state index in [2.05, 4.69) is 29.2 Å². The molecule has 0 saturated carbocycles. The van der Waals surface area contributed by atoms with E-state index in [0.29, 0.717) is 0 Å². The summed E-state index contributed by atoms with van der Waals surface area (Å²) < 4.78 is 0. The molecule has 80 valence electrons. The maximum atomic E-state index is 4.49. The predicted molar refractivity (Wildman–Crippen MR) is 63.0 cm³/mol. The number of hydrogen-bond donors (Lipinski definition) is 1. The van der Waals surface area contributed by atoms with Gasteiger partial charge in [0.05, 0.1) is 6.54 Å². The molecule has 0 bridgehead atoms. The fourth-order valence-electron chi connectivity index (χ4n) is 1.92. The van der Waals surface area contributed by atoms with E-state index in [1.807, 2.05) is 11.8 Å². The minimum absolute atomic E-state index is 0.724. The Morgan fingerprint density at radius 2 is 2.36 bits per heavy atom. The first-order valence-corrected chi connectivity index (χ1v) is 6.29. The van der Waals surface area contributed by atoms with Gasteiger partial charge in [-0.1, -0.05) is 18.7 Å². The molecule has 4 heteroatoms. The van der Waals surface area contributed by atoms with Crippen LogP contribution < -0.4 is 5.32 Å². The summed E-state index contributed by atoms with van der Waals surface area (Å²) in [4.78, 5) is 6.84. The van der Waals surface area contributed by atoms with Crippen molar-refractivity contribution >= 4 is 16.9 Å². The maximum absolute atomic E-state index is 4.49. The molecule has 14 heavy (non-hydrogen) atoms. The third-order valence-electron chi connectivity index (χ3n) is 2.85. The molecule has 1 unspecified atom stereocenters. The van der Waals surface area contributed by atoms with Gasteiger partial charge in [0, 0.05) is 30.8 Å². The standard InChI is InChI=1S/C10H19N3S/c1-3-9-5-12-10(14-9)11-4-8-6-13(2)7-8/h8-9H,3-7H2,1-2H3,(H,11,12). The Morgan fingerprint density at radius 1 is 1.57 bits per heavy atom. The molecule has 1 saturated heterocycles. The van der Waals surface area contributed by atoms with Gasteiger partial charge in [-0.3, -0.25) is 4.99 Å². The van der Waals surface area contributed by atoms with Crippen LogP contribution in [0.1, 0.15) is 13.3 Å². The first kappa shape index (κ1) is 10.3. The van der Waals surface area contributed by atoms with Gasteiger partial charge in [0.1, 0.15) is 0 Å². The Balaban J connectivity index is 1.62. The average molecular weight is 213 g/mol. The molecular formula is C10H19N3S. The number of nitrogens with one attached hydrogen (secondary N) is 1. The topological polar surface area (TPSA) is 27.6 Å². The lowest BCUT2D eigenvalue weighted by atomic mass is 10.0. The number of hydrogen-bond acceptors (Lipinski definition) is 4. The monoisotopic (exact) mass is 213 g/mol. The molecule has 2 heterocycles. The van der Waals surface area contributed by atoms with Crippen molar-refractivity contribution in [3.63, 3.8) is 0 Å². The average Bonchev–Trinajstić information content (AvgIpc) is 2.58. The molecule has 0 aromatic rings. The highest BCUT2D eigenvalue weighted by Gasteiger charge is 2.24. The van der Waals surface area contributed by atoms with E-state index < -0.39 is 0 Å². The Hall–Kier alpha value is -0.220. The minimum atomic E-state index is 0.724. The highest BCUT2D eigenvalue weighted by molar-refractivity contribution is 8.14. The van der Waals surface area contributed by atoms with Crippen molar-refractivity contribution in [2.24, 2.45) is 10.9 Å². The molecule has 2 aliphatic rings. The quantitative estimate of drug-likeness (QED) is 0.758. The Morgan fingerprint density at radius 3 is 2.93 bits per heavy atom. The predicted octanol–water partition coefficient (Wildman–Crippen LogP) is 1.02. The molecule has 2 rings (SSSR count). The van der Waals surface area contributed by atoms with Crippen molar-refractivity contribution in [1.82, 2.24) is 10.2 Å². The van der Waals surface area contributed by atoms with Gasteiger partial charge in [0.15, 0.2) is 5.17 Å². The Bertz CT molecular complexity index is 223. The lowest BCUT2D eigenvalue weighted by Crippen LogP contribution is -2.48. The lowest BCUT2D eigenvalue weighted by molar-refractivity contribution is 0.137. The van der Waals surface area contributed by atoms with Crippen molar-refractivity contribution in [3.8, 4) is 0 Å². The lowest BCUT2D eigenvalue weighted by Gasteiger charge is -2.36. The summed E-state index contributed by atoms with van der Waals surface area (Å²) in [5, 5.41) is 5.35. The molecule has 0 amide bonds. The van der Waals surface area contributed by atoms with Crippen LogP contribution in [0.4, 0.5) is 0 Å². The summed E-state index contributed by atoms with van der Waals surface area (Å²) >= 11 is 1.91. The molecule has 0 aliphatic carbocycles. The summed E-state index contributed by atoms with van der Waals surface area (Å²) in [6.07, 6.45) is 1.23. The Labute approximate surface area is 90.3 Å². The van der Waals surface area contributed by atoms with E-state index >= 15 is 0 Å². The molecule has 1 fully saturated rings. The van der Waals surface area contributed by atoms with Crippen LogP contribution in [0.15, 0.2) is 4.99 Å². The Kier molecular flexibility index (Phi) is 3.34. The smallest absolute Gasteiger partial charge is 0.156 e. The fourth-order valence-corrected chi connectivity index (χ4v) is 2.86. The van der Waals surface area contributed by atoms with Gasteiger partial charge in [0.25, 0.3) is 0 Å². The zero-order valence-corrected chi connectivity index (χ0v) is 9.81. The summed E-state index contributed by atoms with van der Waals surface area (Å²) in [6, 6.07) is 0. The molecule has 2 aliphatic heterocycles. The normalized spacial score (nSPS) is 28.7. The second-order valence-corrected chi connectivity index (χ2v) is 5.55. The van der Waals surface area contributed by atoms with Gasteiger partial charge < -0.3 is 10.2 Å². The second-order valence-electron chi connectivity index (χ2n) is 4.26. The van der Waals surface area contributed by atoms with Gasteiger partial charge in [-0.25, -0.2) is 0 Å². The van der Waals surface area contributed by atoms with E-state index in [1.54, 1.807) is 0 Å². The van der Waals surface area contributed by atoms with Gasteiger partial charge in [-0.05, 0) is 13.5 Å². The zero-order valence-electron chi connectivity index (χ0n) is 8.99. The molecule has 0 aromatic carbocycles. The summed E-state index contributed by atoms with van der Waals surface area (Å²) in [7, 11) is 2.17. The van der Waals surface area contributed by atoms with Crippen molar-refractivity contribution < 1.29 is 0 Å². The highest BCUT2D eigenvalue weighted by atomic mass is 32.2. The van der Waals surface area contributed by atoms with Crippen LogP contribution in [0, 0.1) is 5.92 Å². The summed E-state index contributed by atoms with van der Waals surface area (Å²) in [5.74, 6) is 0.837. The van der Waals surface area contributed by atoms with Gasteiger partial charge in [-0.15, -0.1) is 0 Å². The third-order valence-corrected chi connectivity index (χ3v) is 4.17. The molecule has 1 N–H and O–H groups in total. The van der Waals surface area contributed by atoms with Gasteiger partial charge in [-0.2, -0.15) is 0 Å². The van der Waals surface area contributed by atoms with Crippen LogP contribution in [-0.2, 0) is 0 Å². The number of thioether (sulfide) groups is 1. The molecule has 0 aromatic heterocycles. The van der Waals surface area contributed by atoms with Crippen LogP contribution in [0.3, 0.4) is 0 Å². The van der Waals surface area contributed by atoms with Crippen molar-refractivity contribution in [2.75, 3.05) is 33.2 Å². The van der Waals surface area contributed by atoms with Crippen LogP contribution in [0.5, 0.6) is 0 Å². The van der Waals surface area contributed by atoms with E-state index in [0.717, 1.165) is 24.3 Å². The van der Waals surface area contributed by atoms with Crippen LogP contribution in [0.25, 0.3) is 0 Å². The maximum Gasteiger partial charge on any atom is 0.156 e. The molecule has 0 spiro atoms. The minimum Gasteiger partial charge on any atom is -0.365 e. The SMILES string of the molecule is CCC1CN=C(NCC2CN(C)C2)S1. The van der Waals surface area contributed by atoms with Crippen molar-refractivity contribution in [1.29, 1.82) is 0 Å². The molecule has 3 nitrogen and oxygen atoms in total. The van der Waals surface area contributed by atoms with Gasteiger partial charge in [0.2, 0.25) is 0 Å². The highest BCUT2D eigenvalue weighted by Crippen LogP contribution is 2.22. The molecule has 0 radical (unpaired) electrons. The molecule has 1 atom stereocenters. The van der Waals surface area contributed by atoms with E-state index in [4.69, 9.17) is 0 Å². The molecular weight excluding hydrogens is 194 g/mol. The van der Waals surface area contributed by atoms with Crippen molar-refractivity contribution in [3.05, 3.63) is 0 Å². The van der Waals surface area contributed by atoms with E-state index in [-0.39, 0.29) is 0 Å². The van der Waals surface area contributed by atoms with Crippen LogP contribution in [-0.4, -0.2) is 48.5 Å². The number of aliphatic imine (C=N–C) groups is 1. The number of likely N-dealkylation sites (tertiary alicyclic amines) is 1. The van der Waals surface area contributed by atoms with Crippen LogP contribution >= 0.6 is 11.8 Å². The van der Waals surface area contributed by atoms with E-state index in [9.17, 15) is 0 Å². The first-order valence-electron chi connectivity index (χ1n) is 5.41. The summed E-state index contributed by atoms with van der Waals surface area (Å²) in [6.45, 7) is 6.82.